The van der Waals surface area contributed by atoms with E-state index >= 15 is 0 Å². The van der Waals surface area contributed by atoms with Gasteiger partial charge in [0.05, 0.1) is 24.7 Å². The van der Waals surface area contributed by atoms with Gasteiger partial charge in [0.25, 0.3) is 0 Å². The maximum absolute atomic E-state index is 13.5. The Balaban J connectivity index is 1.68. The molecule has 0 saturated heterocycles. The van der Waals surface area contributed by atoms with Gasteiger partial charge in [-0.25, -0.2) is 4.79 Å². The Morgan fingerprint density at radius 3 is 2.41 bits per heavy atom. The van der Waals surface area contributed by atoms with Gasteiger partial charge in [-0.1, -0.05) is 29.8 Å². The molecule has 0 radical (unpaired) electrons. The van der Waals surface area contributed by atoms with Gasteiger partial charge in [0.2, 0.25) is 11.8 Å². The van der Waals surface area contributed by atoms with E-state index in [1.54, 1.807) is 21.9 Å². The quantitative estimate of drug-likeness (QED) is 0.470. The van der Waals surface area contributed by atoms with E-state index in [1.165, 1.54) is 21.6 Å². The molecule has 3 rings (SSSR count). The van der Waals surface area contributed by atoms with Gasteiger partial charge in [0, 0.05) is 38.4 Å². The van der Waals surface area contributed by atoms with Crippen LogP contribution in [0.15, 0.2) is 36.4 Å². The normalized spacial score (nSPS) is 14.0. The number of benzene rings is 2. The molecule has 9 heteroatoms. The van der Waals surface area contributed by atoms with Crippen molar-refractivity contribution in [3.05, 3.63) is 64.2 Å². The third kappa shape index (κ3) is 8.71. The van der Waals surface area contributed by atoms with E-state index in [4.69, 9.17) is 4.74 Å². The summed E-state index contributed by atoms with van der Waals surface area (Å²) in [5.41, 5.74) is 5.11. The van der Waals surface area contributed by atoms with Gasteiger partial charge in [-0.05, 0) is 83.2 Å². The van der Waals surface area contributed by atoms with Crippen molar-refractivity contribution in [1.82, 2.24) is 15.1 Å². The number of likely N-dealkylation sites (N-methyl/N-ethyl adjacent to an activating group) is 2. The minimum Gasteiger partial charge on any atom is -0.444 e. The number of carbonyl (C=O) groups is 3. The van der Waals surface area contributed by atoms with Crippen molar-refractivity contribution in [3.8, 4) is 6.07 Å². The standard InChI is InChI=1S/C32H43N5O4/c1-8-36(31(40)41-32(4,5)6)14-13-34-29(38)20-37(28-16-24(19-33)11-10-23(28)3)21-30(39)35(7)27-17-25-12-9-22(2)15-26(25)18-27/h9-12,15-16,27H,8,13-14,17-18,20-21H2,1-7H3,(H,34,38). The molecule has 1 N–H and O–H groups in total. The summed E-state index contributed by atoms with van der Waals surface area (Å²) in [4.78, 5) is 44.1. The van der Waals surface area contributed by atoms with Gasteiger partial charge in [0.1, 0.15) is 5.60 Å². The molecule has 1 atom stereocenters. The maximum Gasteiger partial charge on any atom is 0.410 e. The number of hydrogen-bond acceptors (Lipinski definition) is 6. The van der Waals surface area contributed by atoms with E-state index in [-0.39, 0.29) is 37.5 Å². The fourth-order valence-corrected chi connectivity index (χ4v) is 4.99. The molecule has 0 fully saturated rings. The third-order valence-electron chi connectivity index (χ3n) is 7.29. The highest BCUT2D eigenvalue weighted by Crippen LogP contribution is 2.27. The second-order valence-electron chi connectivity index (χ2n) is 11.7. The molecular formula is C32H43N5O4. The van der Waals surface area contributed by atoms with Crippen LogP contribution >= 0.6 is 0 Å². The molecule has 1 aliphatic carbocycles. The summed E-state index contributed by atoms with van der Waals surface area (Å²) in [7, 11) is 1.82. The molecule has 1 unspecified atom stereocenters. The minimum absolute atomic E-state index is 0.00942. The summed E-state index contributed by atoms with van der Waals surface area (Å²) in [6.45, 7) is 12.1. The average molecular weight is 562 g/mol. The van der Waals surface area contributed by atoms with Gasteiger partial charge in [0.15, 0.2) is 0 Å². The van der Waals surface area contributed by atoms with E-state index in [0.717, 1.165) is 18.4 Å². The number of fused-ring (bicyclic) bond motifs is 1. The first-order valence-electron chi connectivity index (χ1n) is 14.2. The first kappa shape index (κ1) is 31.5. The summed E-state index contributed by atoms with van der Waals surface area (Å²) in [6.07, 6.45) is 1.17. The number of nitriles is 1. The van der Waals surface area contributed by atoms with Crippen molar-refractivity contribution in [2.24, 2.45) is 0 Å². The fraction of sp³-hybridized carbons (Fsp3) is 0.500. The first-order valence-corrected chi connectivity index (χ1v) is 14.2. The number of nitrogens with zero attached hydrogens (tertiary/aromatic N) is 4. The van der Waals surface area contributed by atoms with Crippen molar-refractivity contribution in [1.29, 1.82) is 5.26 Å². The number of aryl methyl sites for hydroxylation is 2. The number of nitrogens with one attached hydrogen (secondary N) is 1. The van der Waals surface area contributed by atoms with Gasteiger partial charge in [-0.15, -0.1) is 0 Å². The highest BCUT2D eigenvalue weighted by atomic mass is 16.6. The zero-order valence-corrected chi connectivity index (χ0v) is 25.4. The predicted octanol–water partition coefficient (Wildman–Crippen LogP) is 3.98. The Kier molecular flexibility index (Phi) is 10.4. The van der Waals surface area contributed by atoms with E-state index < -0.39 is 11.7 Å². The zero-order valence-electron chi connectivity index (χ0n) is 25.4. The number of hydrogen-bond donors (Lipinski definition) is 1. The molecule has 3 amide bonds. The van der Waals surface area contributed by atoms with Gasteiger partial charge in [-0.3, -0.25) is 9.59 Å². The summed E-state index contributed by atoms with van der Waals surface area (Å²) >= 11 is 0. The van der Waals surface area contributed by atoms with Crippen molar-refractivity contribution in [3.63, 3.8) is 0 Å². The van der Waals surface area contributed by atoms with E-state index in [0.29, 0.717) is 24.3 Å². The molecule has 41 heavy (non-hydrogen) atoms. The lowest BCUT2D eigenvalue weighted by Gasteiger charge is -2.30. The number of ether oxygens (including phenoxy) is 1. The van der Waals surface area contributed by atoms with Crippen LogP contribution in [-0.2, 0) is 27.2 Å². The van der Waals surface area contributed by atoms with Crippen molar-refractivity contribution in [2.45, 2.75) is 66.0 Å². The molecule has 0 bridgehead atoms. The minimum atomic E-state index is -0.607. The molecule has 0 saturated carbocycles. The summed E-state index contributed by atoms with van der Waals surface area (Å²) in [6, 6.07) is 13.9. The number of anilines is 1. The number of carbonyl (C=O) groups excluding carboxylic acids is 3. The first-order chi connectivity index (χ1) is 19.3. The maximum atomic E-state index is 13.5. The summed E-state index contributed by atoms with van der Waals surface area (Å²) < 4.78 is 5.44. The second kappa shape index (κ2) is 13.5. The molecule has 0 heterocycles. The van der Waals surface area contributed by atoms with Crippen LogP contribution in [0.25, 0.3) is 0 Å². The lowest BCUT2D eigenvalue weighted by Crippen LogP contribution is -2.47. The van der Waals surface area contributed by atoms with Gasteiger partial charge < -0.3 is 24.8 Å². The molecular weight excluding hydrogens is 518 g/mol. The van der Waals surface area contributed by atoms with Crippen LogP contribution in [-0.4, -0.2) is 79.1 Å². The van der Waals surface area contributed by atoms with E-state index in [1.807, 2.05) is 47.7 Å². The Hall–Kier alpha value is -4.06. The summed E-state index contributed by atoms with van der Waals surface area (Å²) in [5, 5.41) is 12.3. The highest BCUT2D eigenvalue weighted by molar-refractivity contribution is 5.87. The number of amides is 3. The average Bonchev–Trinajstić information content (AvgIpc) is 3.32. The predicted molar refractivity (Wildman–Crippen MR) is 160 cm³/mol. The van der Waals surface area contributed by atoms with Crippen LogP contribution in [0, 0.1) is 25.2 Å². The Morgan fingerprint density at radius 1 is 1.05 bits per heavy atom. The van der Waals surface area contributed by atoms with Crippen LogP contribution in [0.2, 0.25) is 0 Å². The molecule has 2 aromatic carbocycles. The number of rotatable bonds is 10. The molecule has 9 nitrogen and oxygen atoms in total. The van der Waals surface area contributed by atoms with E-state index in [9.17, 15) is 19.6 Å². The highest BCUT2D eigenvalue weighted by Gasteiger charge is 2.29. The Morgan fingerprint density at radius 2 is 1.76 bits per heavy atom. The van der Waals surface area contributed by atoms with Crippen LogP contribution in [0.3, 0.4) is 0 Å². The Bertz CT molecular complexity index is 1310. The second-order valence-corrected chi connectivity index (χ2v) is 11.7. The largest absolute Gasteiger partial charge is 0.444 e. The SMILES string of the molecule is CCN(CCNC(=O)CN(CC(=O)N(C)C1Cc2ccc(C)cc2C1)c1cc(C#N)ccc1C)C(=O)OC(C)(C)C. The smallest absolute Gasteiger partial charge is 0.410 e. The molecule has 220 valence electrons. The molecule has 2 aromatic rings. The van der Waals surface area contributed by atoms with Gasteiger partial charge >= 0.3 is 6.09 Å². The molecule has 1 aliphatic rings. The zero-order chi connectivity index (χ0) is 30.3. The Labute approximate surface area is 244 Å². The van der Waals surface area contributed by atoms with Crippen LogP contribution in [0.1, 0.15) is 55.5 Å². The van der Waals surface area contributed by atoms with Crippen LogP contribution in [0.4, 0.5) is 10.5 Å². The van der Waals surface area contributed by atoms with Crippen molar-refractivity contribution < 1.29 is 19.1 Å². The van der Waals surface area contributed by atoms with E-state index in [2.05, 4.69) is 36.5 Å². The van der Waals surface area contributed by atoms with Crippen LogP contribution in [0.5, 0.6) is 0 Å². The lowest BCUT2D eigenvalue weighted by molar-refractivity contribution is -0.130. The third-order valence-corrected chi connectivity index (χ3v) is 7.29. The topological polar surface area (TPSA) is 106 Å². The monoisotopic (exact) mass is 561 g/mol. The fourth-order valence-electron chi connectivity index (χ4n) is 4.99. The van der Waals surface area contributed by atoms with Gasteiger partial charge in [-0.2, -0.15) is 5.26 Å². The molecule has 0 spiro atoms. The summed E-state index contributed by atoms with van der Waals surface area (Å²) in [5.74, 6) is -0.387. The molecule has 0 aromatic heterocycles. The lowest BCUT2D eigenvalue weighted by atomic mass is 10.1. The van der Waals surface area contributed by atoms with Crippen molar-refractivity contribution >= 4 is 23.6 Å². The molecule has 0 aliphatic heterocycles. The van der Waals surface area contributed by atoms with Crippen LogP contribution < -0.4 is 10.2 Å². The van der Waals surface area contributed by atoms with Crippen molar-refractivity contribution in [2.75, 3.05) is 44.7 Å².